The third kappa shape index (κ3) is 8.33. The number of nitrogens with zero attached hydrogens (tertiary/aromatic N) is 3. The summed E-state index contributed by atoms with van der Waals surface area (Å²) in [5, 5.41) is 0. The van der Waals surface area contributed by atoms with Crippen molar-refractivity contribution in [1.82, 2.24) is 19.5 Å². The maximum Gasteiger partial charge on any atom is 0.490 e. The first-order valence-electron chi connectivity index (χ1n) is 9.57. The summed E-state index contributed by atoms with van der Waals surface area (Å²) in [4.78, 5) is 58.3. The number of hydrogen-bond acceptors (Lipinski definition) is 11. The van der Waals surface area contributed by atoms with E-state index in [4.69, 9.17) is 20.3 Å². The van der Waals surface area contributed by atoms with Gasteiger partial charge < -0.3 is 34.6 Å². The van der Waals surface area contributed by atoms with E-state index in [0.717, 1.165) is 0 Å². The van der Waals surface area contributed by atoms with E-state index in [9.17, 15) is 28.3 Å². The molecule has 0 amide bonds. The molecular weight excluding hydrogens is 523 g/mol. The number of nitrogens with two attached hydrogens (primary N) is 1. The van der Waals surface area contributed by atoms with Gasteiger partial charge in [-0.1, -0.05) is 6.92 Å². The number of phosphoric acid groups is 3. The summed E-state index contributed by atoms with van der Waals surface area (Å²) in [7, 11) is -15.0. The normalized spacial score (nSPS) is 18.8. The Morgan fingerprint density at radius 1 is 1.12 bits per heavy atom. The van der Waals surface area contributed by atoms with Crippen molar-refractivity contribution in [2.75, 3.05) is 19.5 Å². The molecule has 7 N–H and O–H groups in total. The van der Waals surface area contributed by atoms with Gasteiger partial charge in [-0.15, -0.1) is 0 Å². The number of nitrogens with one attached hydrogen (secondary N) is 1. The predicted molar refractivity (Wildman–Crippen MR) is 116 cm³/mol. The summed E-state index contributed by atoms with van der Waals surface area (Å²) in [5.74, 6) is -0.0890. The Labute approximate surface area is 192 Å². The first-order chi connectivity index (χ1) is 15.5. The lowest BCUT2D eigenvalue weighted by Crippen LogP contribution is -2.21. The van der Waals surface area contributed by atoms with Crippen LogP contribution >= 0.6 is 23.5 Å². The third-order valence-corrected chi connectivity index (χ3v) is 8.63. The molecule has 0 saturated carbocycles. The molecule has 0 radical (unpaired) electrons. The fourth-order valence-electron chi connectivity index (χ4n) is 2.96. The topological polar surface area (TPSA) is 259 Å². The van der Waals surface area contributed by atoms with E-state index in [2.05, 4.69) is 28.1 Å². The Hall–Kier alpha value is -1.48. The molecule has 0 spiro atoms. The highest BCUT2D eigenvalue weighted by atomic mass is 31.3. The first-order valence-corrected chi connectivity index (χ1v) is 14.1. The maximum atomic E-state index is 12.0. The number of aromatic amines is 1. The van der Waals surface area contributed by atoms with Gasteiger partial charge in [0, 0.05) is 13.2 Å². The SMILES string of the molecule is COC(CCC(C)C(C)n1cnc2c(=O)[nH]c(N)nc21)COP(=O)(O)OP(=O)(O)OP(=O)(O)O. The molecule has 194 valence electrons. The average Bonchev–Trinajstić information content (AvgIpc) is 3.08. The standard InChI is InChI=1S/C14H26N5O12P3/c1-8(9(2)19-7-16-11-12(19)17-14(15)18-13(11)20)4-5-10(28-3)6-29-33(24,25)31-34(26,27)30-32(21,22)23/h7-10H,4-6H2,1-3H3,(H,24,25)(H,26,27)(H2,21,22,23)(H3,15,17,18,20). The Morgan fingerprint density at radius 2 is 1.76 bits per heavy atom. The minimum Gasteiger partial charge on any atom is -0.379 e. The van der Waals surface area contributed by atoms with Crippen LogP contribution in [0.3, 0.4) is 0 Å². The quantitative estimate of drug-likeness (QED) is 0.191. The van der Waals surface area contributed by atoms with Crippen LogP contribution in [0.2, 0.25) is 0 Å². The van der Waals surface area contributed by atoms with Crippen LogP contribution in [0.15, 0.2) is 11.1 Å². The fraction of sp³-hybridized carbons (Fsp3) is 0.643. The Bertz CT molecular complexity index is 1190. The summed E-state index contributed by atoms with van der Waals surface area (Å²) >= 11 is 0. The highest BCUT2D eigenvalue weighted by Gasteiger charge is 2.41. The number of ether oxygens (including phenoxy) is 1. The van der Waals surface area contributed by atoms with Crippen LogP contribution in [0.5, 0.6) is 0 Å². The lowest BCUT2D eigenvalue weighted by atomic mass is 9.96. The molecule has 0 bridgehead atoms. The Balaban J connectivity index is 1.96. The molecule has 5 unspecified atom stereocenters. The molecule has 0 aliphatic carbocycles. The highest BCUT2D eigenvalue weighted by molar-refractivity contribution is 7.66. The highest BCUT2D eigenvalue weighted by Crippen LogP contribution is 2.66. The lowest BCUT2D eigenvalue weighted by Gasteiger charge is -2.24. The van der Waals surface area contributed by atoms with Gasteiger partial charge >= 0.3 is 23.5 Å². The van der Waals surface area contributed by atoms with E-state index in [0.29, 0.717) is 18.5 Å². The van der Waals surface area contributed by atoms with Crippen LogP contribution in [0, 0.1) is 5.92 Å². The molecule has 0 saturated heterocycles. The molecule has 20 heteroatoms. The molecule has 2 aromatic heterocycles. The van der Waals surface area contributed by atoms with Crippen LogP contribution in [0.1, 0.15) is 32.7 Å². The largest absolute Gasteiger partial charge is 0.490 e. The summed E-state index contributed by atoms with van der Waals surface area (Å²) in [5.41, 5.74) is 5.60. The number of phosphoric ester groups is 1. The second-order valence-electron chi connectivity index (χ2n) is 7.31. The number of imidazole rings is 1. The number of nitrogen functional groups attached to an aromatic ring is 1. The van der Waals surface area contributed by atoms with Crippen LogP contribution in [-0.2, 0) is 31.6 Å². The van der Waals surface area contributed by atoms with Crippen molar-refractivity contribution in [3.8, 4) is 0 Å². The zero-order chi connectivity index (χ0) is 25.9. The summed E-state index contributed by atoms with van der Waals surface area (Å²) < 4.78 is 52.7. The van der Waals surface area contributed by atoms with Crippen LogP contribution in [0.25, 0.3) is 11.2 Å². The molecule has 17 nitrogen and oxygen atoms in total. The molecule has 2 rings (SSSR count). The van der Waals surface area contributed by atoms with Gasteiger partial charge in [0.05, 0.1) is 19.0 Å². The van der Waals surface area contributed by atoms with Crippen LogP contribution in [-0.4, -0.2) is 58.9 Å². The monoisotopic (exact) mass is 549 g/mol. The molecule has 0 aliphatic rings. The minimum absolute atomic E-state index is 0.0381. The van der Waals surface area contributed by atoms with Crippen molar-refractivity contribution < 1.29 is 51.2 Å². The number of H-pyrrole nitrogens is 1. The number of fused-ring (bicyclic) bond motifs is 1. The second kappa shape index (κ2) is 11.1. The van der Waals surface area contributed by atoms with Gasteiger partial charge in [-0.05, 0) is 25.7 Å². The van der Waals surface area contributed by atoms with Gasteiger partial charge in [0.1, 0.15) is 0 Å². The van der Waals surface area contributed by atoms with Crippen molar-refractivity contribution in [3.63, 3.8) is 0 Å². The minimum atomic E-state index is -5.59. The summed E-state index contributed by atoms with van der Waals surface area (Å²) in [6.07, 6.45) is 1.52. The van der Waals surface area contributed by atoms with Crippen LogP contribution < -0.4 is 11.3 Å². The molecule has 2 heterocycles. The van der Waals surface area contributed by atoms with E-state index in [1.54, 1.807) is 4.57 Å². The van der Waals surface area contributed by atoms with Crippen molar-refractivity contribution in [1.29, 1.82) is 0 Å². The van der Waals surface area contributed by atoms with Crippen molar-refractivity contribution in [2.24, 2.45) is 5.92 Å². The number of methoxy groups -OCH3 is 1. The predicted octanol–water partition coefficient (Wildman–Crippen LogP) is 1.04. The van der Waals surface area contributed by atoms with E-state index >= 15 is 0 Å². The van der Waals surface area contributed by atoms with E-state index in [-0.39, 0.29) is 23.4 Å². The van der Waals surface area contributed by atoms with E-state index in [1.807, 2.05) is 13.8 Å². The third-order valence-electron chi connectivity index (χ3n) is 4.83. The zero-order valence-electron chi connectivity index (χ0n) is 18.2. The zero-order valence-corrected chi connectivity index (χ0v) is 20.9. The van der Waals surface area contributed by atoms with Gasteiger partial charge in [-0.3, -0.25) is 14.3 Å². The number of anilines is 1. The van der Waals surface area contributed by atoms with Crippen molar-refractivity contribution in [2.45, 2.75) is 38.8 Å². The number of rotatable bonds is 13. The molecule has 5 atom stereocenters. The number of aromatic nitrogens is 4. The first kappa shape index (κ1) is 28.8. The summed E-state index contributed by atoms with van der Waals surface area (Å²) in [6.45, 7) is 3.23. The molecule has 0 fully saturated rings. The van der Waals surface area contributed by atoms with Crippen LogP contribution in [0.4, 0.5) is 5.95 Å². The van der Waals surface area contributed by atoms with Crippen molar-refractivity contribution >= 4 is 40.6 Å². The van der Waals surface area contributed by atoms with Gasteiger partial charge in [-0.2, -0.15) is 13.6 Å². The Kier molecular flexibility index (Phi) is 9.35. The van der Waals surface area contributed by atoms with Gasteiger partial charge in [0.15, 0.2) is 11.2 Å². The Morgan fingerprint density at radius 3 is 2.35 bits per heavy atom. The molecule has 34 heavy (non-hydrogen) atoms. The lowest BCUT2D eigenvalue weighted by molar-refractivity contribution is 0.0350. The molecule has 0 aromatic carbocycles. The maximum absolute atomic E-state index is 12.0. The van der Waals surface area contributed by atoms with E-state index < -0.39 is 41.7 Å². The number of hydrogen-bond donors (Lipinski definition) is 6. The molecular formula is C14H26N5O12P3. The average molecular weight is 549 g/mol. The smallest absolute Gasteiger partial charge is 0.379 e. The molecule has 0 aliphatic heterocycles. The van der Waals surface area contributed by atoms with Crippen molar-refractivity contribution in [3.05, 3.63) is 16.7 Å². The van der Waals surface area contributed by atoms with E-state index in [1.165, 1.54) is 13.4 Å². The van der Waals surface area contributed by atoms with Gasteiger partial charge in [0.2, 0.25) is 5.95 Å². The van der Waals surface area contributed by atoms with Gasteiger partial charge in [-0.25, -0.2) is 18.7 Å². The summed E-state index contributed by atoms with van der Waals surface area (Å²) in [6, 6.07) is -0.186. The fourth-order valence-corrected chi connectivity index (χ4v) is 6.00. The van der Waals surface area contributed by atoms with Gasteiger partial charge in [0.25, 0.3) is 5.56 Å². The molecule has 2 aromatic rings. The second-order valence-corrected chi connectivity index (χ2v) is 11.7.